The monoisotopic (exact) mass is 245 g/mol. The van der Waals surface area contributed by atoms with Crippen LogP contribution in [0.1, 0.15) is 40.0 Å². The summed E-state index contributed by atoms with van der Waals surface area (Å²) in [5.74, 6) is 0. The molecule has 0 saturated carbocycles. The second kappa shape index (κ2) is 7.31. The number of ether oxygens (including phenoxy) is 2. The van der Waals surface area contributed by atoms with Gasteiger partial charge in [0.05, 0.1) is 5.60 Å². The van der Waals surface area contributed by atoms with Crippen molar-refractivity contribution in [3.8, 4) is 0 Å². The molecule has 1 rings (SSSR count). The molecule has 1 aliphatic heterocycles. The second-order valence-corrected chi connectivity index (χ2v) is 5.01. The Bertz CT molecular complexity index is 203. The quantitative estimate of drug-likeness (QED) is 0.692. The number of β-amino-alcohol motifs (C(OH)–C–C–N with tert-alkyl or cyclic N) is 1. The molecule has 1 atom stereocenters. The molecule has 0 aliphatic carbocycles. The molecule has 0 amide bonds. The van der Waals surface area contributed by atoms with Crippen LogP contribution in [-0.4, -0.2) is 54.7 Å². The normalized spacial score (nSPS) is 26.6. The Balaban J connectivity index is 2.27. The first-order valence-electron chi connectivity index (χ1n) is 6.75. The van der Waals surface area contributed by atoms with Gasteiger partial charge in [-0.1, -0.05) is 0 Å². The van der Waals surface area contributed by atoms with Gasteiger partial charge < -0.3 is 19.5 Å². The molecule has 4 heteroatoms. The minimum atomic E-state index is -0.523. The molecule has 1 fully saturated rings. The molecule has 17 heavy (non-hydrogen) atoms. The van der Waals surface area contributed by atoms with Crippen LogP contribution >= 0.6 is 0 Å². The maximum absolute atomic E-state index is 10.0. The fourth-order valence-corrected chi connectivity index (χ4v) is 2.39. The Kier molecular flexibility index (Phi) is 6.41. The summed E-state index contributed by atoms with van der Waals surface area (Å²) in [6.07, 6.45) is 2.75. The van der Waals surface area contributed by atoms with E-state index in [1.807, 2.05) is 20.8 Å². The van der Waals surface area contributed by atoms with Crippen molar-refractivity contribution >= 4 is 0 Å². The van der Waals surface area contributed by atoms with Crippen molar-refractivity contribution in [2.24, 2.45) is 0 Å². The van der Waals surface area contributed by atoms with Gasteiger partial charge in [-0.2, -0.15) is 0 Å². The van der Waals surface area contributed by atoms with Gasteiger partial charge in [-0.15, -0.1) is 0 Å². The lowest BCUT2D eigenvalue weighted by atomic mass is 9.95. The highest BCUT2D eigenvalue weighted by molar-refractivity contribution is 4.82. The molecular formula is C13H27NO3. The predicted molar refractivity (Wildman–Crippen MR) is 68.0 cm³/mol. The van der Waals surface area contributed by atoms with Crippen molar-refractivity contribution in [2.45, 2.75) is 51.9 Å². The molecular weight excluding hydrogens is 218 g/mol. The largest absolute Gasteiger partial charge is 0.389 e. The number of hydrogen-bond donors (Lipinski definition) is 1. The summed E-state index contributed by atoms with van der Waals surface area (Å²) < 4.78 is 11.0. The summed E-state index contributed by atoms with van der Waals surface area (Å²) in [4.78, 5) is 2.30. The molecule has 4 nitrogen and oxygen atoms in total. The highest BCUT2D eigenvalue weighted by Gasteiger charge is 2.28. The third-order valence-corrected chi connectivity index (χ3v) is 3.14. The van der Waals surface area contributed by atoms with E-state index < -0.39 is 5.60 Å². The average molecular weight is 245 g/mol. The first-order valence-corrected chi connectivity index (χ1v) is 6.75. The van der Waals surface area contributed by atoms with Crippen LogP contribution in [0.4, 0.5) is 0 Å². The van der Waals surface area contributed by atoms with Crippen LogP contribution in [0, 0.1) is 0 Å². The molecule has 0 spiro atoms. The van der Waals surface area contributed by atoms with Crippen molar-refractivity contribution in [3.63, 3.8) is 0 Å². The Morgan fingerprint density at radius 3 is 2.47 bits per heavy atom. The van der Waals surface area contributed by atoms with Gasteiger partial charge in [-0.3, -0.25) is 0 Å². The summed E-state index contributed by atoms with van der Waals surface area (Å²) in [6, 6.07) is 0. The van der Waals surface area contributed by atoms with Gasteiger partial charge in [0.25, 0.3) is 0 Å². The number of nitrogens with zero attached hydrogens (tertiary/aromatic N) is 1. The minimum absolute atomic E-state index is 0.100. The van der Waals surface area contributed by atoms with E-state index in [0.717, 1.165) is 38.9 Å². The molecule has 0 bridgehead atoms. The third kappa shape index (κ3) is 5.82. The molecule has 1 N–H and O–H groups in total. The van der Waals surface area contributed by atoms with Crippen molar-refractivity contribution in [3.05, 3.63) is 0 Å². The maximum atomic E-state index is 10.0. The third-order valence-electron chi connectivity index (χ3n) is 3.14. The predicted octanol–water partition coefficient (Wildman–Crippen LogP) is 1.62. The van der Waals surface area contributed by atoms with Crippen LogP contribution in [0.3, 0.4) is 0 Å². The Morgan fingerprint density at radius 1 is 1.29 bits per heavy atom. The fraction of sp³-hybridized carbons (Fsp3) is 1.00. The summed E-state index contributed by atoms with van der Waals surface area (Å²) in [5.41, 5.74) is -0.523. The van der Waals surface area contributed by atoms with Gasteiger partial charge >= 0.3 is 0 Å². The van der Waals surface area contributed by atoms with Gasteiger partial charge in [0, 0.05) is 32.7 Å². The average Bonchev–Trinajstić information content (AvgIpc) is 2.25. The fourth-order valence-electron chi connectivity index (χ4n) is 2.39. The van der Waals surface area contributed by atoms with Crippen LogP contribution in [0.15, 0.2) is 0 Å². The topological polar surface area (TPSA) is 41.9 Å². The molecule has 1 heterocycles. The first kappa shape index (κ1) is 14.9. The molecule has 1 saturated heterocycles. The standard InChI is InChI=1S/C13H27NO3/c1-4-16-12(17-5-2)7-10-14-9-6-8-13(3,15)11-14/h12,15H,4-11H2,1-3H3. The van der Waals surface area contributed by atoms with Crippen LogP contribution < -0.4 is 0 Å². The van der Waals surface area contributed by atoms with Gasteiger partial charge in [0.1, 0.15) is 0 Å². The number of piperidine rings is 1. The van der Waals surface area contributed by atoms with Crippen molar-refractivity contribution in [1.82, 2.24) is 4.90 Å². The van der Waals surface area contributed by atoms with Gasteiger partial charge in [-0.05, 0) is 40.2 Å². The summed E-state index contributed by atoms with van der Waals surface area (Å²) in [5, 5.41) is 10.0. The van der Waals surface area contributed by atoms with Crippen LogP contribution in [0.25, 0.3) is 0 Å². The minimum Gasteiger partial charge on any atom is -0.389 e. The van der Waals surface area contributed by atoms with Gasteiger partial charge in [0.2, 0.25) is 0 Å². The highest BCUT2D eigenvalue weighted by Crippen LogP contribution is 2.20. The molecule has 0 aromatic heterocycles. The Morgan fingerprint density at radius 2 is 1.94 bits per heavy atom. The van der Waals surface area contributed by atoms with Crippen LogP contribution in [0.5, 0.6) is 0 Å². The molecule has 1 unspecified atom stereocenters. The summed E-state index contributed by atoms with van der Waals surface area (Å²) in [6.45, 7) is 10.0. The molecule has 0 radical (unpaired) electrons. The summed E-state index contributed by atoms with van der Waals surface area (Å²) >= 11 is 0. The van der Waals surface area contributed by atoms with E-state index in [9.17, 15) is 5.11 Å². The van der Waals surface area contributed by atoms with Crippen molar-refractivity contribution in [1.29, 1.82) is 0 Å². The van der Waals surface area contributed by atoms with E-state index in [4.69, 9.17) is 9.47 Å². The zero-order valence-corrected chi connectivity index (χ0v) is 11.4. The van der Waals surface area contributed by atoms with Crippen molar-refractivity contribution < 1.29 is 14.6 Å². The number of hydrogen-bond acceptors (Lipinski definition) is 4. The van der Waals surface area contributed by atoms with Crippen molar-refractivity contribution in [2.75, 3.05) is 32.8 Å². The Labute approximate surface area is 105 Å². The molecule has 102 valence electrons. The van der Waals surface area contributed by atoms with Crippen LogP contribution in [0.2, 0.25) is 0 Å². The molecule has 0 aromatic rings. The number of rotatable bonds is 7. The second-order valence-electron chi connectivity index (χ2n) is 5.01. The Hall–Kier alpha value is -0.160. The lowest BCUT2D eigenvalue weighted by Gasteiger charge is -2.37. The van der Waals surface area contributed by atoms with E-state index >= 15 is 0 Å². The van der Waals surface area contributed by atoms with E-state index in [1.165, 1.54) is 0 Å². The molecule has 0 aromatic carbocycles. The molecule has 1 aliphatic rings. The van der Waals surface area contributed by atoms with E-state index in [1.54, 1.807) is 0 Å². The lowest BCUT2D eigenvalue weighted by molar-refractivity contribution is -0.143. The van der Waals surface area contributed by atoms with Gasteiger partial charge in [0.15, 0.2) is 6.29 Å². The first-order chi connectivity index (χ1) is 8.07. The van der Waals surface area contributed by atoms with E-state index in [2.05, 4.69) is 4.90 Å². The highest BCUT2D eigenvalue weighted by atomic mass is 16.7. The smallest absolute Gasteiger partial charge is 0.158 e. The SMILES string of the molecule is CCOC(CCN1CCCC(C)(O)C1)OCC. The zero-order chi connectivity index (χ0) is 12.7. The number of likely N-dealkylation sites (tertiary alicyclic amines) is 1. The van der Waals surface area contributed by atoms with E-state index in [0.29, 0.717) is 13.2 Å². The maximum Gasteiger partial charge on any atom is 0.158 e. The van der Waals surface area contributed by atoms with E-state index in [-0.39, 0.29) is 6.29 Å². The lowest BCUT2D eigenvalue weighted by Crippen LogP contribution is -2.46. The van der Waals surface area contributed by atoms with Gasteiger partial charge in [-0.25, -0.2) is 0 Å². The number of aliphatic hydroxyl groups is 1. The van der Waals surface area contributed by atoms with Crippen LogP contribution in [-0.2, 0) is 9.47 Å². The zero-order valence-electron chi connectivity index (χ0n) is 11.4. The summed E-state index contributed by atoms with van der Waals surface area (Å²) in [7, 11) is 0.